The van der Waals surface area contributed by atoms with E-state index < -0.39 is 94.2 Å². The van der Waals surface area contributed by atoms with E-state index in [4.69, 9.17) is 19.2 Å². The van der Waals surface area contributed by atoms with Crippen molar-refractivity contribution < 1.29 is 75.3 Å². The molecule has 0 radical (unpaired) electrons. The number of pyridine rings is 1. The Morgan fingerprint density at radius 1 is 0.976 bits per heavy atom. The van der Waals surface area contributed by atoms with Crippen LogP contribution in [0.15, 0.2) is 47.6 Å². The van der Waals surface area contributed by atoms with Crippen LogP contribution in [0, 0.1) is 36.4 Å². The fraction of sp³-hybridized carbons (Fsp3) is 0.525. The molecule has 1 saturated carbocycles. The summed E-state index contributed by atoms with van der Waals surface area (Å²) in [5.74, 6) is -5.97. The van der Waals surface area contributed by atoms with Crippen molar-refractivity contribution in [3.8, 4) is 0 Å². The zero-order chi connectivity index (χ0) is 60.7. The SMILES string of the molecule is CC[C@@]1(O)C(=O)OC(=O)C2=C1C=C1c3nc4cc(F)c(C)c5c4c(c3CN1C2)[C@@H](NC(=O)COCN(CCS(C)(=O)=O)C(=O)OCc1ccc(NC(=O)[C@H](C)NC(=O)[C@@H](NC(=O)C2CCC(CN3C(=O)CC(C)C3=O)CC2)C(C)C)cc1)CC5. The number of aryl methyl sites for hydroxylation is 1. The molecule has 1 saturated heterocycles. The Morgan fingerprint density at radius 2 is 1.69 bits per heavy atom. The van der Waals surface area contributed by atoms with E-state index in [2.05, 4.69) is 21.3 Å². The zero-order valence-electron chi connectivity index (χ0n) is 48.1. The minimum atomic E-state index is -3.58. The average Bonchev–Trinajstić information content (AvgIpc) is 1.46. The van der Waals surface area contributed by atoms with E-state index in [1.165, 1.54) is 17.9 Å². The van der Waals surface area contributed by atoms with Gasteiger partial charge in [0.25, 0.3) is 0 Å². The van der Waals surface area contributed by atoms with Gasteiger partial charge in [-0.3, -0.25) is 38.6 Å². The monoisotopic (exact) mass is 1180 g/mol. The van der Waals surface area contributed by atoms with Gasteiger partial charge in [-0.1, -0.05) is 39.8 Å². The molecule has 0 spiro atoms. The van der Waals surface area contributed by atoms with E-state index in [-0.39, 0.29) is 91.6 Å². The highest BCUT2D eigenvalue weighted by molar-refractivity contribution is 7.90. The molecule has 450 valence electrons. The summed E-state index contributed by atoms with van der Waals surface area (Å²) in [5.41, 5.74) is 2.85. The number of imide groups is 1. The lowest BCUT2D eigenvalue weighted by Crippen LogP contribution is -2.54. The lowest BCUT2D eigenvalue weighted by atomic mass is 9.81. The number of sulfone groups is 1. The number of esters is 2. The fourth-order valence-electron chi connectivity index (χ4n) is 12.0. The van der Waals surface area contributed by atoms with Crippen molar-refractivity contribution >= 4 is 85.6 Å². The maximum Gasteiger partial charge on any atom is 0.411 e. The molecule has 6 aliphatic rings. The van der Waals surface area contributed by atoms with Gasteiger partial charge in [-0.05, 0) is 111 Å². The molecule has 7 amide bonds. The van der Waals surface area contributed by atoms with Crippen molar-refractivity contribution in [2.45, 2.75) is 130 Å². The van der Waals surface area contributed by atoms with Crippen molar-refractivity contribution in [1.29, 1.82) is 0 Å². The average molecular weight is 1180 g/mol. The Morgan fingerprint density at radius 3 is 2.35 bits per heavy atom. The van der Waals surface area contributed by atoms with Gasteiger partial charge in [0.05, 0.1) is 40.8 Å². The van der Waals surface area contributed by atoms with Gasteiger partial charge < -0.3 is 45.5 Å². The molecule has 5 N–H and O–H groups in total. The molecule has 2 fully saturated rings. The van der Waals surface area contributed by atoms with E-state index in [9.17, 15) is 56.7 Å². The Labute approximate surface area is 485 Å². The predicted molar refractivity (Wildman–Crippen MR) is 300 cm³/mol. The molecule has 2 aliphatic carbocycles. The van der Waals surface area contributed by atoms with Crippen LogP contribution in [0.2, 0.25) is 0 Å². The molecule has 1 unspecified atom stereocenters. The number of rotatable bonds is 20. The van der Waals surface area contributed by atoms with Crippen LogP contribution in [0.4, 0.5) is 14.9 Å². The second-order valence-electron chi connectivity index (χ2n) is 23.3. The minimum Gasteiger partial charge on any atom is -0.444 e. The van der Waals surface area contributed by atoms with E-state index in [1.54, 1.807) is 65.0 Å². The van der Waals surface area contributed by atoms with Crippen molar-refractivity contribution in [2.75, 3.05) is 50.3 Å². The Hall–Kier alpha value is -7.64. The Kier molecular flexibility index (Phi) is 17.8. The number of hydrogen-bond donors (Lipinski definition) is 5. The number of carbonyl (C=O) groups is 9. The van der Waals surface area contributed by atoms with Crippen LogP contribution in [0.1, 0.15) is 119 Å². The molecule has 2 aromatic carbocycles. The van der Waals surface area contributed by atoms with E-state index in [0.29, 0.717) is 95.3 Å². The first-order valence-corrected chi connectivity index (χ1v) is 30.5. The maximum absolute atomic E-state index is 15.5. The number of ether oxygens (including phenoxy) is 3. The summed E-state index contributed by atoms with van der Waals surface area (Å²) in [4.78, 5) is 127. The fourth-order valence-corrected chi connectivity index (χ4v) is 12.5. The highest BCUT2D eigenvalue weighted by atomic mass is 32.2. The van der Waals surface area contributed by atoms with Crippen molar-refractivity contribution in [3.63, 3.8) is 0 Å². The third-order valence-corrected chi connectivity index (χ3v) is 17.8. The summed E-state index contributed by atoms with van der Waals surface area (Å²) >= 11 is 0. The number of aromatic nitrogens is 1. The maximum atomic E-state index is 15.5. The number of cyclic esters (lactones) is 2. The van der Waals surface area contributed by atoms with Crippen LogP contribution in [-0.4, -0.2) is 149 Å². The molecule has 23 nitrogen and oxygen atoms in total. The summed E-state index contributed by atoms with van der Waals surface area (Å²) in [5, 5.41) is 23.4. The number of aliphatic hydroxyl groups is 1. The summed E-state index contributed by atoms with van der Waals surface area (Å²) in [6.45, 7) is 8.96. The molecule has 84 heavy (non-hydrogen) atoms. The molecule has 9 rings (SSSR count). The van der Waals surface area contributed by atoms with Crippen molar-refractivity contribution in [2.24, 2.45) is 23.7 Å². The molecule has 1 aromatic heterocycles. The van der Waals surface area contributed by atoms with E-state index >= 15 is 4.39 Å². The highest BCUT2D eigenvalue weighted by Crippen LogP contribution is 2.48. The second-order valence-corrected chi connectivity index (χ2v) is 25.5. The molecular formula is C59H71FN8O15S. The normalized spacial score (nSPS) is 22.6. The first kappa shape index (κ1) is 60.9. The Balaban J connectivity index is 0.770. The van der Waals surface area contributed by atoms with Gasteiger partial charge in [-0.2, -0.15) is 0 Å². The van der Waals surface area contributed by atoms with Crippen LogP contribution in [0.25, 0.3) is 16.6 Å². The van der Waals surface area contributed by atoms with Gasteiger partial charge in [-0.25, -0.2) is 32.2 Å². The number of nitrogens with zero attached hydrogens (tertiary/aromatic N) is 4. The van der Waals surface area contributed by atoms with E-state index in [0.717, 1.165) is 16.7 Å². The minimum absolute atomic E-state index is 0.00591. The van der Waals surface area contributed by atoms with E-state index in [1.807, 2.05) is 4.90 Å². The van der Waals surface area contributed by atoms with Crippen LogP contribution in [0.3, 0.4) is 0 Å². The number of likely N-dealkylation sites (tertiary alicyclic amines) is 1. The molecule has 0 bridgehead atoms. The standard InChI is InChI=1S/C59H71FN8O15S/c1-8-59(78)41-22-45-51-40(26-67(45)25-39(41)56(75)83-57(59)76)49-43(18-17-38-32(5)42(60)23-44(64-51)48(38)49)63-46(69)28-81-29-66(19-20-84(7,79)80)58(77)82-27-35-11-15-37(16-12-35)62-52(71)33(6)61-54(73)50(30(2)3)65-53(72)36-13-9-34(10-14-36)24-68-47(70)21-31(4)55(68)74/h11-12,15-16,22-23,30-31,33-34,36,43,50,78H,8-10,13-14,17-21,24-29H2,1-7H3,(H,61,73)(H,62,71)(H,63,69)(H,65,72)/t31?,33-,34?,36?,43-,50-,59-/m0/s1. The first-order chi connectivity index (χ1) is 39.7. The summed E-state index contributed by atoms with van der Waals surface area (Å²) in [6.07, 6.45) is 4.94. The number of hydrogen-bond acceptors (Lipinski definition) is 17. The quantitative estimate of drug-likeness (QED) is 0.0463. The second kappa shape index (κ2) is 24.5. The number of amides is 7. The van der Waals surface area contributed by atoms with Crippen LogP contribution in [0.5, 0.6) is 0 Å². The Bertz CT molecular complexity index is 3410. The third-order valence-electron chi connectivity index (χ3n) is 16.9. The molecular weight excluding hydrogens is 1110 g/mol. The van der Waals surface area contributed by atoms with Crippen molar-refractivity contribution in [1.82, 2.24) is 35.6 Å². The van der Waals surface area contributed by atoms with Gasteiger partial charge in [0.2, 0.25) is 35.4 Å². The topological polar surface area (TPSA) is 306 Å². The molecule has 5 atom stereocenters. The number of nitrogens with one attached hydrogen (secondary N) is 4. The van der Waals surface area contributed by atoms with Gasteiger partial charge in [0.1, 0.15) is 47.7 Å². The lowest BCUT2D eigenvalue weighted by Gasteiger charge is -2.36. The third kappa shape index (κ3) is 12.7. The van der Waals surface area contributed by atoms with Gasteiger partial charge in [-0.15, -0.1) is 0 Å². The van der Waals surface area contributed by atoms with Crippen LogP contribution >= 0.6 is 0 Å². The number of anilines is 1. The van der Waals surface area contributed by atoms with Crippen molar-refractivity contribution in [3.05, 3.63) is 86.9 Å². The molecule has 25 heteroatoms. The molecule has 4 aliphatic heterocycles. The van der Waals surface area contributed by atoms with Crippen LogP contribution in [-0.2, 0) is 82.0 Å². The summed E-state index contributed by atoms with van der Waals surface area (Å²) < 4.78 is 56.1. The van der Waals surface area contributed by atoms with Gasteiger partial charge >= 0.3 is 18.0 Å². The molecule has 5 heterocycles. The zero-order valence-corrected chi connectivity index (χ0v) is 48.9. The number of benzene rings is 2. The van der Waals surface area contributed by atoms with Crippen LogP contribution < -0.4 is 21.3 Å². The number of fused-ring (bicyclic) bond motifs is 4. The van der Waals surface area contributed by atoms with Gasteiger partial charge in [0.15, 0.2) is 5.60 Å². The predicted octanol–water partition coefficient (Wildman–Crippen LogP) is 3.92. The number of halogens is 1. The lowest BCUT2D eigenvalue weighted by molar-refractivity contribution is -0.172. The first-order valence-electron chi connectivity index (χ1n) is 28.4. The summed E-state index contributed by atoms with van der Waals surface area (Å²) in [7, 11) is -3.58. The number of carbonyl (C=O) groups excluding carboxylic acids is 9. The van der Waals surface area contributed by atoms with Gasteiger partial charge in [0, 0.05) is 72.4 Å². The smallest absolute Gasteiger partial charge is 0.411 e. The summed E-state index contributed by atoms with van der Waals surface area (Å²) in [6, 6.07) is 5.04. The molecule has 3 aromatic rings. The highest BCUT2D eigenvalue weighted by Gasteiger charge is 2.51. The largest absolute Gasteiger partial charge is 0.444 e.